The Balaban J connectivity index is 2.09. The number of ether oxygens (including phenoxy) is 1. The van der Waals surface area contributed by atoms with Crippen LogP contribution < -0.4 is 5.56 Å². The summed E-state index contributed by atoms with van der Waals surface area (Å²) in [7, 11) is 1.81. The molecule has 112 valence electrons. The number of hydrogen-bond acceptors (Lipinski definition) is 4. The van der Waals surface area contributed by atoms with Gasteiger partial charge < -0.3 is 14.6 Å². The van der Waals surface area contributed by atoms with Gasteiger partial charge in [-0.1, -0.05) is 0 Å². The number of carbonyl (C=O) groups is 1. The SMILES string of the molecule is CCOC(=O)N1CCc2c(c(=O)[nH]c3c2c(C)nn3C)C1. The van der Waals surface area contributed by atoms with Gasteiger partial charge in [0, 0.05) is 24.5 Å². The second-order valence-electron chi connectivity index (χ2n) is 5.21. The number of amides is 1. The second-order valence-corrected chi connectivity index (χ2v) is 5.21. The molecule has 0 radical (unpaired) electrons. The highest BCUT2D eigenvalue weighted by Crippen LogP contribution is 2.26. The van der Waals surface area contributed by atoms with Crippen molar-refractivity contribution in [1.82, 2.24) is 19.7 Å². The molecule has 0 spiro atoms. The third-order valence-electron chi connectivity index (χ3n) is 3.90. The van der Waals surface area contributed by atoms with Crippen molar-refractivity contribution in [1.29, 1.82) is 0 Å². The molecule has 3 rings (SSSR count). The van der Waals surface area contributed by atoms with Gasteiger partial charge in [-0.15, -0.1) is 0 Å². The molecule has 0 bridgehead atoms. The van der Waals surface area contributed by atoms with Crippen LogP contribution in [0, 0.1) is 6.92 Å². The van der Waals surface area contributed by atoms with E-state index in [0.29, 0.717) is 25.1 Å². The molecule has 1 amide bonds. The van der Waals surface area contributed by atoms with Crippen molar-refractivity contribution >= 4 is 17.1 Å². The minimum Gasteiger partial charge on any atom is -0.450 e. The fourth-order valence-electron chi connectivity index (χ4n) is 2.96. The predicted molar refractivity (Wildman–Crippen MR) is 77.2 cm³/mol. The molecule has 0 unspecified atom stereocenters. The van der Waals surface area contributed by atoms with Gasteiger partial charge in [0.1, 0.15) is 5.65 Å². The van der Waals surface area contributed by atoms with Crippen molar-refractivity contribution in [2.24, 2.45) is 7.05 Å². The summed E-state index contributed by atoms with van der Waals surface area (Å²) in [6.45, 7) is 4.87. The third kappa shape index (κ3) is 2.09. The molecule has 0 aromatic carbocycles. The van der Waals surface area contributed by atoms with E-state index in [9.17, 15) is 9.59 Å². The molecule has 1 aliphatic heterocycles. The van der Waals surface area contributed by atoms with Crippen molar-refractivity contribution in [2.75, 3.05) is 13.2 Å². The highest BCUT2D eigenvalue weighted by atomic mass is 16.6. The number of aromatic amines is 1. The average Bonchev–Trinajstić information content (AvgIpc) is 2.74. The fourth-order valence-corrected chi connectivity index (χ4v) is 2.96. The van der Waals surface area contributed by atoms with Gasteiger partial charge >= 0.3 is 6.09 Å². The molecule has 1 N–H and O–H groups in total. The van der Waals surface area contributed by atoms with Crippen LogP contribution in [0.25, 0.3) is 11.0 Å². The van der Waals surface area contributed by atoms with Crippen LogP contribution in [0.4, 0.5) is 4.79 Å². The first kappa shape index (κ1) is 13.7. The van der Waals surface area contributed by atoms with Gasteiger partial charge in [0.2, 0.25) is 0 Å². The van der Waals surface area contributed by atoms with Crippen LogP contribution in [0.15, 0.2) is 4.79 Å². The van der Waals surface area contributed by atoms with Crippen molar-refractivity contribution in [3.8, 4) is 0 Å². The van der Waals surface area contributed by atoms with E-state index in [4.69, 9.17) is 4.74 Å². The van der Waals surface area contributed by atoms with Gasteiger partial charge in [-0.3, -0.25) is 9.48 Å². The molecular formula is C14H18N4O3. The predicted octanol–water partition coefficient (Wildman–Crippen LogP) is 1.08. The highest BCUT2D eigenvalue weighted by molar-refractivity contribution is 5.83. The average molecular weight is 290 g/mol. The van der Waals surface area contributed by atoms with Crippen molar-refractivity contribution < 1.29 is 9.53 Å². The van der Waals surface area contributed by atoms with Crippen LogP contribution in [0.5, 0.6) is 0 Å². The first-order valence-electron chi connectivity index (χ1n) is 7.02. The summed E-state index contributed by atoms with van der Waals surface area (Å²) < 4.78 is 6.69. The van der Waals surface area contributed by atoms with Crippen LogP contribution in [-0.4, -0.2) is 38.9 Å². The normalized spacial score (nSPS) is 14.3. The van der Waals surface area contributed by atoms with Crippen LogP contribution >= 0.6 is 0 Å². The first-order chi connectivity index (χ1) is 10.0. The maximum absolute atomic E-state index is 12.3. The van der Waals surface area contributed by atoms with Crippen LogP contribution in [-0.2, 0) is 24.8 Å². The molecular weight excluding hydrogens is 272 g/mol. The summed E-state index contributed by atoms with van der Waals surface area (Å²) >= 11 is 0. The Morgan fingerprint density at radius 3 is 2.90 bits per heavy atom. The van der Waals surface area contributed by atoms with Crippen LogP contribution in [0.2, 0.25) is 0 Å². The molecule has 0 saturated heterocycles. The number of aromatic nitrogens is 3. The summed E-state index contributed by atoms with van der Waals surface area (Å²) in [5, 5.41) is 5.36. The minimum atomic E-state index is -0.370. The monoisotopic (exact) mass is 290 g/mol. The molecule has 1 aliphatic rings. The maximum Gasteiger partial charge on any atom is 0.410 e. The minimum absolute atomic E-state index is 0.158. The zero-order chi connectivity index (χ0) is 15.1. The number of H-pyrrole nitrogens is 1. The summed E-state index contributed by atoms with van der Waals surface area (Å²) in [6.07, 6.45) is 0.270. The third-order valence-corrected chi connectivity index (χ3v) is 3.90. The molecule has 2 aromatic rings. The standard InChI is InChI=1S/C14H18N4O3/c1-4-21-14(20)18-6-5-9-10(7-18)13(19)15-12-11(9)8(2)16-17(12)3/h4-7H2,1-3H3,(H,15,19). The number of pyridine rings is 1. The highest BCUT2D eigenvalue weighted by Gasteiger charge is 2.27. The number of aryl methyl sites for hydroxylation is 2. The molecule has 0 fully saturated rings. The smallest absolute Gasteiger partial charge is 0.410 e. The lowest BCUT2D eigenvalue weighted by Gasteiger charge is -2.27. The summed E-state index contributed by atoms with van der Waals surface area (Å²) in [5.74, 6) is 0. The molecule has 2 aromatic heterocycles. The van der Waals surface area contributed by atoms with E-state index in [1.54, 1.807) is 16.5 Å². The van der Waals surface area contributed by atoms with Gasteiger partial charge in [-0.2, -0.15) is 5.10 Å². The number of fused-ring (bicyclic) bond motifs is 3. The summed E-state index contributed by atoms with van der Waals surface area (Å²) in [6, 6.07) is 0. The Bertz CT molecular complexity index is 775. The molecule has 7 nitrogen and oxygen atoms in total. The van der Waals surface area contributed by atoms with Crippen molar-refractivity contribution in [2.45, 2.75) is 26.8 Å². The number of rotatable bonds is 1. The topological polar surface area (TPSA) is 80.2 Å². The van der Waals surface area contributed by atoms with Crippen LogP contribution in [0.1, 0.15) is 23.7 Å². The number of hydrogen-bond donors (Lipinski definition) is 1. The van der Waals surface area contributed by atoms with E-state index in [1.807, 2.05) is 14.0 Å². The maximum atomic E-state index is 12.3. The van der Waals surface area contributed by atoms with Gasteiger partial charge in [0.15, 0.2) is 0 Å². The van der Waals surface area contributed by atoms with E-state index in [0.717, 1.165) is 22.3 Å². The Morgan fingerprint density at radius 2 is 2.19 bits per heavy atom. The molecule has 21 heavy (non-hydrogen) atoms. The number of nitrogens with one attached hydrogen (secondary N) is 1. The lowest BCUT2D eigenvalue weighted by Crippen LogP contribution is -2.39. The van der Waals surface area contributed by atoms with E-state index in [2.05, 4.69) is 10.1 Å². The fraction of sp³-hybridized carbons (Fsp3) is 0.500. The Hall–Kier alpha value is -2.31. The summed E-state index contributed by atoms with van der Waals surface area (Å²) in [4.78, 5) is 28.6. The van der Waals surface area contributed by atoms with Gasteiger partial charge in [0.05, 0.1) is 18.8 Å². The Kier molecular flexibility index (Phi) is 3.19. The van der Waals surface area contributed by atoms with E-state index in [1.165, 1.54) is 0 Å². The molecule has 3 heterocycles. The lowest BCUT2D eigenvalue weighted by molar-refractivity contribution is 0.102. The van der Waals surface area contributed by atoms with Gasteiger partial charge in [-0.25, -0.2) is 4.79 Å². The van der Waals surface area contributed by atoms with Gasteiger partial charge in [-0.05, 0) is 25.8 Å². The first-order valence-corrected chi connectivity index (χ1v) is 7.02. The molecule has 0 saturated carbocycles. The van der Waals surface area contributed by atoms with E-state index >= 15 is 0 Å². The molecule has 7 heteroatoms. The van der Waals surface area contributed by atoms with Gasteiger partial charge in [0.25, 0.3) is 5.56 Å². The quantitative estimate of drug-likeness (QED) is 0.852. The van der Waals surface area contributed by atoms with E-state index in [-0.39, 0.29) is 18.2 Å². The van der Waals surface area contributed by atoms with Crippen molar-refractivity contribution in [3.05, 3.63) is 27.2 Å². The summed E-state index contributed by atoms with van der Waals surface area (Å²) in [5.41, 5.74) is 3.11. The van der Waals surface area contributed by atoms with E-state index < -0.39 is 0 Å². The lowest BCUT2D eigenvalue weighted by atomic mass is 9.98. The van der Waals surface area contributed by atoms with Crippen molar-refractivity contribution in [3.63, 3.8) is 0 Å². The second kappa shape index (κ2) is 4.91. The van der Waals surface area contributed by atoms with Crippen LogP contribution in [0.3, 0.4) is 0 Å². The largest absolute Gasteiger partial charge is 0.450 e. The number of nitrogens with zero attached hydrogens (tertiary/aromatic N) is 3. The number of carbonyl (C=O) groups excluding carboxylic acids is 1. The Morgan fingerprint density at radius 1 is 1.43 bits per heavy atom. The molecule has 0 atom stereocenters. The zero-order valence-corrected chi connectivity index (χ0v) is 12.4. The Labute approximate surface area is 121 Å². The molecule has 0 aliphatic carbocycles. The zero-order valence-electron chi connectivity index (χ0n) is 12.4.